The quantitative estimate of drug-likeness (QED) is 0.449. The first-order valence-corrected chi connectivity index (χ1v) is 9.87. The van der Waals surface area contributed by atoms with Gasteiger partial charge in [-0.3, -0.25) is 4.79 Å². The number of H-pyrrole nitrogens is 1. The molecule has 1 aromatic heterocycles. The van der Waals surface area contributed by atoms with Gasteiger partial charge in [-0.2, -0.15) is 13.2 Å². The number of benzene rings is 3. The topological polar surface area (TPSA) is 71.8 Å². The highest BCUT2D eigenvalue weighted by atomic mass is 19.4. The lowest BCUT2D eigenvalue weighted by molar-refractivity contribution is -0.137. The fraction of sp³-hybridized carbons (Fsp3) is 0.167. The van der Waals surface area contributed by atoms with Gasteiger partial charge in [0.2, 0.25) is 5.91 Å². The molecular weight excluding hydrogens is 403 g/mol. The molecule has 1 heterocycles. The number of fused-ring (bicyclic) bond motifs is 1. The number of nitrogens with one attached hydrogen (secondary N) is 1. The van der Waals surface area contributed by atoms with E-state index in [0.29, 0.717) is 5.56 Å². The summed E-state index contributed by atoms with van der Waals surface area (Å²) in [5.41, 5.74) is 9.42. The number of nitrogens with zero attached hydrogens (tertiary/aromatic N) is 1. The van der Waals surface area contributed by atoms with Crippen molar-refractivity contribution in [3.8, 4) is 11.1 Å². The van der Waals surface area contributed by atoms with Gasteiger partial charge in [-0.1, -0.05) is 36.4 Å². The van der Waals surface area contributed by atoms with Gasteiger partial charge in [0.1, 0.15) is 5.82 Å². The highest BCUT2D eigenvalue weighted by Gasteiger charge is 2.42. The zero-order chi connectivity index (χ0) is 21.8. The van der Waals surface area contributed by atoms with Crippen molar-refractivity contribution in [1.82, 2.24) is 9.97 Å². The molecule has 31 heavy (non-hydrogen) atoms. The molecule has 1 saturated carbocycles. The minimum atomic E-state index is -4.33. The number of hydrogen-bond acceptors (Lipinski definition) is 2. The average Bonchev–Trinajstić information content (AvgIpc) is 3.44. The maximum atomic E-state index is 12.8. The maximum absolute atomic E-state index is 12.8. The molecule has 1 amide bonds. The Morgan fingerprint density at radius 2 is 1.74 bits per heavy atom. The fourth-order valence-corrected chi connectivity index (χ4v) is 4.10. The minimum Gasteiger partial charge on any atom is -0.366 e. The number of halogens is 3. The SMILES string of the molecule is NC(=O)c1ccccc1-c1ccc2[nH]c(C3CC3c3ccc(C(F)(F)F)cc3)nc2c1. The Morgan fingerprint density at radius 1 is 1.00 bits per heavy atom. The van der Waals surface area contributed by atoms with Crippen LogP contribution in [0.2, 0.25) is 0 Å². The van der Waals surface area contributed by atoms with Crippen LogP contribution in [0.1, 0.15) is 45.6 Å². The van der Waals surface area contributed by atoms with E-state index >= 15 is 0 Å². The van der Waals surface area contributed by atoms with Gasteiger partial charge in [-0.05, 0) is 59.4 Å². The Bertz CT molecular complexity index is 1290. The van der Waals surface area contributed by atoms with E-state index in [1.807, 2.05) is 30.3 Å². The van der Waals surface area contributed by atoms with Crippen molar-refractivity contribution in [3.05, 3.63) is 89.2 Å². The monoisotopic (exact) mass is 421 g/mol. The van der Waals surface area contributed by atoms with E-state index in [9.17, 15) is 18.0 Å². The molecule has 5 rings (SSSR count). The molecule has 3 N–H and O–H groups in total. The van der Waals surface area contributed by atoms with Gasteiger partial charge in [-0.15, -0.1) is 0 Å². The summed E-state index contributed by atoms with van der Waals surface area (Å²) in [4.78, 5) is 19.8. The van der Waals surface area contributed by atoms with E-state index < -0.39 is 17.6 Å². The first kappa shape index (κ1) is 19.4. The van der Waals surface area contributed by atoms with Crippen LogP contribution < -0.4 is 5.73 Å². The second-order valence-corrected chi connectivity index (χ2v) is 7.83. The van der Waals surface area contributed by atoms with Crippen molar-refractivity contribution in [2.75, 3.05) is 0 Å². The zero-order valence-electron chi connectivity index (χ0n) is 16.3. The highest BCUT2D eigenvalue weighted by Crippen LogP contribution is 2.54. The van der Waals surface area contributed by atoms with Crippen LogP contribution in [0.5, 0.6) is 0 Å². The highest BCUT2D eigenvalue weighted by molar-refractivity contribution is 6.00. The Kier molecular flexibility index (Phi) is 4.36. The predicted octanol–water partition coefficient (Wildman–Crippen LogP) is 5.62. The molecule has 4 aromatic rings. The number of carbonyl (C=O) groups excluding carboxylic acids is 1. The number of amides is 1. The number of alkyl halides is 3. The molecule has 1 aliphatic rings. The Morgan fingerprint density at radius 3 is 2.45 bits per heavy atom. The van der Waals surface area contributed by atoms with Crippen LogP contribution in [0.15, 0.2) is 66.7 Å². The Hall–Kier alpha value is -3.61. The van der Waals surface area contributed by atoms with Crippen LogP contribution in [0.25, 0.3) is 22.2 Å². The average molecular weight is 421 g/mol. The molecule has 0 aliphatic heterocycles. The maximum Gasteiger partial charge on any atom is 0.416 e. The number of imidazole rings is 1. The number of rotatable bonds is 4. The Labute approximate surface area is 175 Å². The summed E-state index contributed by atoms with van der Waals surface area (Å²) in [6.07, 6.45) is -3.49. The van der Waals surface area contributed by atoms with E-state index in [4.69, 9.17) is 10.7 Å². The van der Waals surface area contributed by atoms with Crippen molar-refractivity contribution in [2.24, 2.45) is 5.73 Å². The lowest BCUT2D eigenvalue weighted by Crippen LogP contribution is -2.12. The number of nitrogens with two attached hydrogens (primary N) is 1. The zero-order valence-corrected chi connectivity index (χ0v) is 16.3. The second kappa shape index (κ2) is 6.97. The minimum absolute atomic E-state index is 0.144. The molecule has 7 heteroatoms. The lowest BCUT2D eigenvalue weighted by atomic mass is 9.99. The van der Waals surface area contributed by atoms with Gasteiger partial charge in [-0.25, -0.2) is 4.98 Å². The normalized spacial score (nSPS) is 18.3. The molecular formula is C24H18F3N3O. The smallest absolute Gasteiger partial charge is 0.366 e. The molecule has 0 spiro atoms. The van der Waals surface area contributed by atoms with E-state index in [-0.39, 0.29) is 11.8 Å². The van der Waals surface area contributed by atoms with Crippen LogP contribution in [0.3, 0.4) is 0 Å². The Balaban J connectivity index is 1.41. The van der Waals surface area contributed by atoms with E-state index in [2.05, 4.69) is 4.98 Å². The first-order valence-electron chi connectivity index (χ1n) is 9.87. The summed E-state index contributed by atoms with van der Waals surface area (Å²) in [6.45, 7) is 0. The molecule has 1 aliphatic carbocycles. The summed E-state index contributed by atoms with van der Waals surface area (Å²) in [5, 5.41) is 0. The van der Waals surface area contributed by atoms with Crippen molar-refractivity contribution in [2.45, 2.75) is 24.4 Å². The van der Waals surface area contributed by atoms with Crippen LogP contribution >= 0.6 is 0 Å². The van der Waals surface area contributed by atoms with Gasteiger partial charge in [0.05, 0.1) is 16.6 Å². The fourth-order valence-electron chi connectivity index (χ4n) is 4.10. The number of aromatic amines is 1. The predicted molar refractivity (Wildman–Crippen MR) is 112 cm³/mol. The third-order valence-electron chi connectivity index (χ3n) is 5.81. The van der Waals surface area contributed by atoms with E-state index in [1.54, 1.807) is 24.3 Å². The molecule has 2 unspecified atom stereocenters. The van der Waals surface area contributed by atoms with Crippen molar-refractivity contribution < 1.29 is 18.0 Å². The van der Waals surface area contributed by atoms with Crippen molar-refractivity contribution in [1.29, 1.82) is 0 Å². The second-order valence-electron chi connectivity index (χ2n) is 7.83. The summed E-state index contributed by atoms with van der Waals surface area (Å²) < 4.78 is 38.3. The van der Waals surface area contributed by atoms with Crippen LogP contribution in [0.4, 0.5) is 13.2 Å². The molecule has 156 valence electrons. The van der Waals surface area contributed by atoms with Crippen LogP contribution in [0, 0.1) is 0 Å². The van der Waals surface area contributed by atoms with Crippen molar-refractivity contribution in [3.63, 3.8) is 0 Å². The van der Waals surface area contributed by atoms with Crippen LogP contribution in [-0.4, -0.2) is 15.9 Å². The van der Waals surface area contributed by atoms with Gasteiger partial charge in [0.15, 0.2) is 0 Å². The molecule has 4 nitrogen and oxygen atoms in total. The number of carbonyl (C=O) groups is 1. The summed E-state index contributed by atoms with van der Waals surface area (Å²) in [7, 11) is 0. The largest absolute Gasteiger partial charge is 0.416 e. The molecule has 1 fully saturated rings. The number of primary amides is 1. The lowest BCUT2D eigenvalue weighted by Gasteiger charge is -2.07. The standard InChI is InChI=1S/C24H18F3N3O/c25-24(26,27)15-8-5-13(6-9-15)18-12-19(18)23-29-20-10-7-14(11-21(20)30-23)16-3-1-2-4-17(16)22(28)31/h1-11,18-19H,12H2,(H2,28,31)(H,29,30). The van der Waals surface area contributed by atoms with Crippen LogP contribution in [-0.2, 0) is 6.18 Å². The van der Waals surface area contributed by atoms with Gasteiger partial charge < -0.3 is 10.7 Å². The number of hydrogen-bond donors (Lipinski definition) is 2. The van der Waals surface area contributed by atoms with Gasteiger partial charge >= 0.3 is 6.18 Å². The first-order chi connectivity index (χ1) is 14.8. The van der Waals surface area contributed by atoms with Crippen molar-refractivity contribution >= 4 is 16.9 Å². The van der Waals surface area contributed by atoms with Gasteiger partial charge in [0, 0.05) is 11.5 Å². The van der Waals surface area contributed by atoms with E-state index in [0.717, 1.165) is 52.1 Å². The molecule has 3 aromatic carbocycles. The molecule has 2 atom stereocenters. The molecule has 0 saturated heterocycles. The summed E-state index contributed by atoms with van der Waals surface area (Å²) in [5.74, 6) is 0.624. The molecule has 0 bridgehead atoms. The van der Waals surface area contributed by atoms with E-state index in [1.165, 1.54) is 0 Å². The number of aromatic nitrogens is 2. The van der Waals surface area contributed by atoms with Gasteiger partial charge in [0.25, 0.3) is 0 Å². The third kappa shape index (κ3) is 3.56. The third-order valence-corrected chi connectivity index (χ3v) is 5.81. The molecule has 0 radical (unpaired) electrons. The summed E-state index contributed by atoms with van der Waals surface area (Å²) >= 11 is 0. The summed E-state index contributed by atoms with van der Waals surface area (Å²) in [6, 6.07) is 18.2.